The molecule has 4 rings (SSSR count). The maximum atomic E-state index is 13.2. The summed E-state index contributed by atoms with van der Waals surface area (Å²) in [5, 5.41) is 3.36. The summed E-state index contributed by atoms with van der Waals surface area (Å²) in [4.78, 5) is 22.5. The molecule has 1 aromatic heterocycles. The number of carbonyl (C=O) groups excluding carboxylic acids is 1. The van der Waals surface area contributed by atoms with Crippen molar-refractivity contribution in [1.29, 1.82) is 0 Å². The highest BCUT2D eigenvalue weighted by molar-refractivity contribution is 5.84. The minimum atomic E-state index is -1.01. The highest BCUT2D eigenvalue weighted by Gasteiger charge is 2.35. The third-order valence-corrected chi connectivity index (χ3v) is 6.21. The van der Waals surface area contributed by atoms with E-state index in [1.54, 1.807) is 18.3 Å². The summed E-state index contributed by atoms with van der Waals surface area (Å²) in [6.45, 7) is 1.82. The molecule has 0 amide bonds. The minimum absolute atomic E-state index is 0.261. The van der Waals surface area contributed by atoms with Crippen molar-refractivity contribution < 1.29 is 13.9 Å². The molecule has 0 saturated heterocycles. The topological polar surface area (TPSA) is 64.1 Å². The van der Waals surface area contributed by atoms with E-state index in [0.717, 1.165) is 28.1 Å². The van der Waals surface area contributed by atoms with Gasteiger partial charge < -0.3 is 10.1 Å². The number of benzene rings is 3. The van der Waals surface area contributed by atoms with Crippen molar-refractivity contribution in [2.24, 2.45) is 0 Å². The van der Waals surface area contributed by atoms with Crippen LogP contribution in [0.4, 0.5) is 10.2 Å². The van der Waals surface area contributed by atoms with Crippen LogP contribution in [0.5, 0.6) is 0 Å². The van der Waals surface area contributed by atoms with Gasteiger partial charge in [0.25, 0.3) is 0 Å². The molecule has 0 fully saturated rings. The first kappa shape index (κ1) is 25.0. The molecule has 1 unspecified atom stereocenters. The number of nitrogens with one attached hydrogen (secondary N) is 1. The molecule has 0 radical (unpaired) electrons. The number of halogens is 1. The Morgan fingerprint density at radius 3 is 2.28 bits per heavy atom. The average Bonchev–Trinajstić information content (AvgIpc) is 2.91. The molecule has 5 nitrogen and oxygen atoms in total. The third-order valence-electron chi connectivity index (χ3n) is 6.21. The largest absolute Gasteiger partial charge is 0.467 e. The van der Waals surface area contributed by atoms with E-state index in [-0.39, 0.29) is 11.8 Å². The molecule has 6 heteroatoms. The van der Waals surface area contributed by atoms with E-state index in [9.17, 15) is 9.18 Å². The van der Waals surface area contributed by atoms with E-state index in [0.29, 0.717) is 31.5 Å². The van der Waals surface area contributed by atoms with Crippen LogP contribution in [0.15, 0.2) is 91.1 Å². The highest BCUT2D eigenvalue weighted by atomic mass is 19.1. The fourth-order valence-electron chi connectivity index (χ4n) is 4.19. The lowest BCUT2D eigenvalue weighted by molar-refractivity contribution is -0.145. The Labute approximate surface area is 211 Å². The van der Waals surface area contributed by atoms with E-state index in [1.165, 1.54) is 19.2 Å². The van der Waals surface area contributed by atoms with Gasteiger partial charge in [0, 0.05) is 12.0 Å². The zero-order valence-electron chi connectivity index (χ0n) is 20.6. The Bertz CT molecular complexity index is 1280. The van der Waals surface area contributed by atoms with Crippen LogP contribution in [-0.4, -0.2) is 28.6 Å². The molecule has 0 spiro atoms. The number of hydrogen-bond donors (Lipinski definition) is 1. The second-order valence-electron chi connectivity index (χ2n) is 9.01. The van der Waals surface area contributed by atoms with Crippen LogP contribution in [0.25, 0.3) is 11.3 Å². The molecule has 0 aliphatic rings. The van der Waals surface area contributed by atoms with Gasteiger partial charge in [0.1, 0.15) is 17.2 Å². The van der Waals surface area contributed by atoms with Gasteiger partial charge in [0.15, 0.2) is 0 Å². The molecular weight excluding hydrogens is 453 g/mol. The molecule has 0 aliphatic carbocycles. The minimum Gasteiger partial charge on any atom is -0.467 e. The van der Waals surface area contributed by atoms with Gasteiger partial charge in [0.05, 0.1) is 24.7 Å². The number of carbonyl (C=O) groups is 1. The molecule has 0 bridgehead atoms. The molecule has 36 heavy (non-hydrogen) atoms. The summed E-state index contributed by atoms with van der Waals surface area (Å²) in [6.07, 6.45) is 4.20. The Balaban J connectivity index is 1.60. The number of aromatic nitrogens is 2. The normalized spacial score (nSPS) is 12.5. The zero-order valence-corrected chi connectivity index (χ0v) is 20.6. The standard InChI is InChI=1S/C30H30FN3O2/c1-30(29(35)36-2,19-9-12-22-15-17-25(31)18-16-22)34-28-26(20-23-10-5-3-6-11-23)33-27(21-32-28)24-13-7-4-8-14-24/h3-8,10-11,13-18,21H,9,12,19-20H2,1-2H3,(H,32,34). The summed E-state index contributed by atoms with van der Waals surface area (Å²) >= 11 is 0. The lowest BCUT2D eigenvalue weighted by Crippen LogP contribution is -2.45. The summed E-state index contributed by atoms with van der Waals surface area (Å²) in [5.41, 5.74) is 3.58. The van der Waals surface area contributed by atoms with Crippen LogP contribution in [0.2, 0.25) is 0 Å². The summed E-state index contributed by atoms with van der Waals surface area (Å²) in [7, 11) is 1.39. The molecule has 3 aromatic carbocycles. The van der Waals surface area contributed by atoms with E-state index < -0.39 is 5.54 Å². The predicted molar refractivity (Wildman–Crippen MR) is 140 cm³/mol. The van der Waals surface area contributed by atoms with Crippen LogP contribution < -0.4 is 5.32 Å². The average molecular weight is 484 g/mol. The van der Waals surface area contributed by atoms with Gasteiger partial charge in [-0.25, -0.2) is 19.2 Å². The number of esters is 1. The van der Waals surface area contributed by atoms with Crippen molar-refractivity contribution in [2.45, 2.75) is 38.1 Å². The first-order valence-electron chi connectivity index (χ1n) is 12.0. The number of rotatable bonds is 10. The molecule has 1 heterocycles. The van der Waals surface area contributed by atoms with Gasteiger partial charge in [0.2, 0.25) is 0 Å². The first-order valence-corrected chi connectivity index (χ1v) is 12.0. The van der Waals surface area contributed by atoms with E-state index in [2.05, 4.69) is 5.32 Å². The zero-order chi connectivity index (χ0) is 25.4. The van der Waals surface area contributed by atoms with Gasteiger partial charge in [-0.3, -0.25) is 0 Å². The van der Waals surface area contributed by atoms with E-state index in [4.69, 9.17) is 14.7 Å². The van der Waals surface area contributed by atoms with Gasteiger partial charge in [-0.1, -0.05) is 72.8 Å². The van der Waals surface area contributed by atoms with Crippen LogP contribution in [0.3, 0.4) is 0 Å². The van der Waals surface area contributed by atoms with Crippen LogP contribution in [-0.2, 0) is 22.4 Å². The van der Waals surface area contributed by atoms with Crippen molar-refractivity contribution >= 4 is 11.8 Å². The number of ether oxygens (including phenoxy) is 1. The fraction of sp³-hybridized carbons (Fsp3) is 0.233. The number of hydrogen-bond acceptors (Lipinski definition) is 5. The summed E-state index contributed by atoms with van der Waals surface area (Å²) in [6, 6.07) is 26.4. The Morgan fingerprint density at radius 2 is 1.61 bits per heavy atom. The van der Waals surface area contributed by atoms with Crippen molar-refractivity contribution in [3.05, 3.63) is 114 Å². The lowest BCUT2D eigenvalue weighted by atomic mass is 9.93. The smallest absolute Gasteiger partial charge is 0.331 e. The Morgan fingerprint density at radius 1 is 0.944 bits per heavy atom. The quantitative estimate of drug-likeness (QED) is 0.271. The predicted octanol–water partition coefficient (Wildman–Crippen LogP) is 6.24. The third kappa shape index (κ3) is 6.33. The van der Waals surface area contributed by atoms with Crippen molar-refractivity contribution in [3.8, 4) is 11.3 Å². The monoisotopic (exact) mass is 483 g/mol. The van der Waals surface area contributed by atoms with Gasteiger partial charge in [-0.2, -0.15) is 0 Å². The van der Waals surface area contributed by atoms with Gasteiger partial charge in [-0.15, -0.1) is 0 Å². The first-order chi connectivity index (χ1) is 17.5. The molecular formula is C30H30FN3O2. The maximum absolute atomic E-state index is 13.2. The molecule has 0 saturated carbocycles. The molecule has 1 N–H and O–H groups in total. The fourth-order valence-corrected chi connectivity index (χ4v) is 4.19. The Hall–Kier alpha value is -4.06. The number of nitrogens with zero attached hydrogens (tertiary/aromatic N) is 2. The number of methoxy groups -OCH3 is 1. The molecule has 0 aliphatic heterocycles. The molecule has 1 atom stereocenters. The van der Waals surface area contributed by atoms with Crippen molar-refractivity contribution in [3.63, 3.8) is 0 Å². The number of anilines is 1. The SMILES string of the molecule is COC(=O)C(C)(CCCc1ccc(F)cc1)Nc1ncc(-c2ccccc2)nc1Cc1ccccc1. The van der Waals surface area contributed by atoms with Gasteiger partial charge in [-0.05, 0) is 49.4 Å². The maximum Gasteiger partial charge on any atom is 0.331 e. The summed E-state index contributed by atoms with van der Waals surface area (Å²) in [5.74, 6) is -0.0855. The van der Waals surface area contributed by atoms with E-state index in [1.807, 2.05) is 67.6 Å². The Kier molecular flexibility index (Phi) is 8.06. The summed E-state index contributed by atoms with van der Waals surface area (Å²) < 4.78 is 18.4. The van der Waals surface area contributed by atoms with Crippen LogP contribution >= 0.6 is 0 Å². The number of aryl methyl sites for hydroxylation is 1. The van der Waals surface area contributed by atoms with Crippen LogP contribution in [0.1, 0.15) is 36.6 Å². The molecule has 4 aromatic rings. The van der Waals surface area contributed by atoms with Crippen molar-refractivity contribution in [1.82, 2.24) is 9.97 Å². The highest BCUT2D eigenvalue weighted by Crippen LogP contribution is 2.27. The second-order valence-corrected chi connectivity index (χ2v) is 9.01. The van der Waals surface area contributed by atoms with Crippen LogP contribution in [0, 0.1) is 5.82 Å². The van der Waals surface area contributed by atoms with E-state index >= 15 is 0 Å². The lowest BCUT2D eigenvalue weighted by Gasteiger charge is -2.29. The second kappa shape index (κ2) is 11.6. The molecule has 184 valence electrons. The van der Waals surface area contributed by atoms with Crippen molar-refractivity contribution in [2.75, 3.05) is 12.4 Å². The van der Waals surface area contributed by atoms with Gasteiger partial charge >= 0.3 is 5.97 Å².